The van der Waals surface area contributed by atoms with Crippen LogP contribution in [0.1, 0.15) is 33.8 Å². The zero-order valence-corrected chi connectivity index (χ0v) is 16.8. The highest BCUT2D eigenvalue weighted by molar-refractivity contribution is 7.12. The quantitative estimate of drug-likeness (QED) is 0.490. The van der Waals surface area contributed by atoms with Gasteiger partial charge in [0.1, 0.15) is 0 Å². The van der Waals surface area contributed by atoms with Gasteiger partial charge < -0.3 is 9.88 Å². The molecular formula is C21H19ClN4OS. The molecule has 0 spiro atoms. The molecule has 7 heteroatoms. The molecule has 0 aliphatic carbocycles. The van der Waals surface area contributed by atoms with Gasteiger partial charge in [-0.25, -0.2) is 0 Å². The summed E-state index contributed by atoms with van der Waals surface area (Å²) in [5, 5.41) is 9.81. The van der Waals surface area contributed by atoms with Gasteiger partial charge in [0.15, 0.2) is 0 Å². The molecule has 1 unspecified atom stereocenters. The van der Waals surface area contributed by atoms with E-state index in [4.69, 9.17) is 11.6 Å². The molecule has 3 heterocycles. The van der Waals surface area contributed by atoms with Crippen molar-refractivity contribution >= 4 is 28.8 Å². The first-order valence-corrected chi connectivity index (χ1v) is 10.1. The molecular weight excluding hydrogens is 392 g/mol. The van der Waals surface area contributed by atoms with Crippen LogP contribution in [-0.2, 0) is 6.54 Å². The van der Waals surface area contributed by atoms with E-state index < -0.39 is 0 Å². The van der Waals surface area contributed by atoms with Crippen molar-refractivity contribution in [2.45, 2.75) is 19.5 Å². The summed E-state index contributed by atoms with van der Waals surface area (Å²) in [6.07, 6.45) is 7.38. The van der Waals surface area contributed by atoms with Crippen molar-refractivity contribution in [3.05, 3.63) is 93.7 Å². The lowest BCUT2D eigenvalue weighted by Gasteiger charge is -2.14. The van der Waals surface area contributed by atoms with E-state index in [1.54, 1.807) is 17.1 Å². The van der Waals surface area contributed by atoms with E-state index in [0.717, 1.165) is 16.8 Å². The fourth-order valence-electron chi connectivity index (χ4n) is 2.98. The van der Waals surface area contributed by atoms with E-state index in [1.165, 1.54) is 11.3 Å². The number of halogens is 1. The third kappa shape index (κ3) is 4.18. The van der Waals surface area contributed by atoms with Crippen LogP contribution in [0.4, 0.5) is 0 Å². The van der Waals surface area contributed by atoms with Crippen LogP contribution in [0, 0.1) is 0 Å². The summed E-state index contributed by atoms with van der Waals surface area (Å²) in [4.78, 5) is 13.3. The summed E-state index contributed by atoms with van der Waals surface area (Å²) in [5.41, 5.74) is 3.18. The van der Waals surface area contributed by atoms with E-state index in [9.17, 15) is 4.79 Å². The molecule has 0 saturated heterocycles. The van der Waals surface area contributed by atoms with Crippen LogP contribution in [0.2, 0.25) is 5.02 Å². The van der Waals surface area contributed by atoms with Gasteiger partial charge in [0.2, 0.25) is 0 Å². The molecule has 4 aromatic rings. The highest BCUT2D eigenvalue weighted by atomic mass is 35.5. The predicted octanol–water partition coefficient (Wildman–Crippen LogP) is 4.93. The second-order valence-corrected chi connectivity index (χ2v) is 7.90. The van der Waals surface area contributed by atoms with Gasteiger partial charge in [-0.15, -0.1) is 11.3 Å². The van der Waals surface area contributed by atoms with Crippen molar-refractivity contribution < 1.29 is 4.79 Å². The van der Waals surface area contributed by atoms with Crippen molar-refractivity contribution in [3.63, 3.8) is 0 Å². The molecule has 0 fully saturated rings. The molecule has 4 rings (SSSR count). The van der Waals surface area contributed by atoms with Gasteiger partial charge in [-0.1, -0.05) is 23.7 Å². The summed E-state index contributed by atoms with van der Waals surface area (Å²) in [6, 6.07) is 14.0. The number of hydrogen-bond acceptors (Lipinski definition) is 3. The zero-order valence-electron chi connectivity index (χ0n) is 15.2. The van der Waals surface area contributed by atoms with Crippen molar-refractivity contribution in [1.82, 2.24) is 19.7 Å². The summed E-state index contributed by atoms with van der Waals surface area (Å²) < 4.78 is 3.80. The number of carbonyl (C=O) groups is 1. The van der Waals surface area contributed by atoms with Crippen LogP contribution in [0.25, 0.3) is 5.69 Å². The van der Waals surface area contributed by atoms with Crippen molar-refractivity contribution in [3.8, 4) is 5.69 Å². The number of rotatable bonds is 6. The average molecular weight is 411 g/mol. The van der Waals surface area contributed by atoms with Gasteiger partial charge in [-0.2, -0.15) is 5.10 Å². The van der Waals surface area contributed by atoms with Gasteiger partial charge in [-0.3, -0.25) is 9.48 Å². The highest BCUT2D eigenvalue weighted by Gasteiger charge is 2.14. The maximum Gasteiger partial charge on any atom is 0.261 e. The standard InChI is InChI=1S/C21H19ClN4OS/c1-15(17-4-6-19(7-5-17)25-8-2-3-9-25)24-21(27)20-10-16(14-28-20)12-26-13-18(22)11-23-26/h2-11,13-15H,12H2,1H3,(H,24,27). The Kier molecular flexibility index (Phi) is 5.32. The molecule has 1 atom stereocenters. The molecule has 0 aliphatic heterocycles. The maximum absolute atomic E-state index is 12.6. The minimum absolute atomic E-state index is 0.0725. The minimum Gasteiger partial charge on any atom is -0.345 e. The van der Waals surface area contributed by atoms with E-state index in [0.29, 0.717) is 16.4 Å². The van der Waals surface area contributed by atoms with Crippen LogP contribution in [0.15, 0.2) is 72.6 Å². The normalized spacial score (nSPS) is 12.1. The fraction of sp³-hybridized carbons (Fsp3) is 0.143. The monoisotopic (exact) mass is 410 g/mol. The Hall–Kier alpha value is -2.83. The van der Waals surface area contributed by atoms with Crippen molar-refractivity contribution in [2.75, 3.05) is 0 Å². The maximum atomic E-state index is 12.6. The molecule has 1 amide bonds. The number of nitrogens with zero attached hydrogens (tertiary/aromatic N) is 3. The third-order valence-electron chi connectivity index (χ3n) is 4.47. The van der Waals surface area contributed by atoms with Crippen LogP contribution in [0.3, 0.4) is 0 Å². The highest BCUT2D eigenvalue weighted by Crippen LogP contribution is 2.20. The lowest BCUT2D eigenvalue weighted by molar-refractivity contribution is 0.0944. The lowest BCUT2D eigenvalue weighted by Crippen LogP contribution is -2.25. The topological polar surface area (TPSA) is 51.9 Å². The molecule has 0 radical (unpaired) electrons. The van der Waals surface area contributed by atoms with E-state index >= 15 is 0 Å². The van der Waals surface area contributed by atoms with E-state index in [2.05, 4.69) is 22.5 Å². The average Bonchev–Trinajstić information content (AvgIpc) is 3.44. The second-order valence-electron chi connectivity index (χ2n) is 6.55. The molecule has 142 valence electrons. The van der Waals surface area contributed by atoms with E-state index in [1.807, 2.05) is 59.6 Å². The Labute approximate surface area is 172 Å². The number of nitrogens with one attached hydrogen (secondary N) is 1. The SMILES string of the molecule is CC(NC(=O)c1cc(Cn2cc(Cl)cn2)cs1)c1ccc(-n2cccc2)cc1. The van der Waals surface area contributed by atoms with Crippen LogP contribution < -0.4 is 5.32 Å². The van der Waals surface area contributed by atoms with Crippen LogP contribution >= 0.6 is 22.9 Å². The van der Waals surface area contributed by atoms with Gasteiger partial charge in [0.25, 0.3) is 5.91 Å². The Bertz CT molecular complexity index is 1070. The molecule has 0 aliphatic rings. The Morgan fingerprint density at radius 1 is 1.25 bits per heavy atom. The second kappa shape index (κ2) is 8.04. The molecule has 1 N–H and O–H groups in total. The third-order valence-corrected chi connectivity index (χ3v) is 5.64. The first-order chi connectivity index (χ1) is 13.6. The van der Waals surface area contributed by atoms with Crippen LogP contribution in [0.5, 0.6) is 0 Å². The number of benzene rings is 1. The van der Waals surface area contributed by atoms with Gasteiger partial charge in [0.05, 0.1) is 28.7 Å². The number of hydrogen-bond donors (Lipinski definition) is 1. The molecule has 0 bridgehead atoms. The van der Waals surface area contributed by atoms with Gasteiger partial charge in [-0.05, 0) is 53.8 Å². The minimum atomic E-state index is -0.0818. The molecule has 28 heavy (non-hydrogen) atoms. The fourth-order valence-corrected chi connectivity index (χ4v) is 3.94. The largest absolute Gasteiger partial charge is 0.345 e. The molecule has 1 aromatic carbocycles. The van der Waals surface area contributed by atoms with Crippen molar-refractivity contribution in [2.24, 2.45) is 0 Å². The Balaban J connectivity index is 1.39. The lowest BCUT2D eigenvalue weighted by atomic mass is 10.1. The summed E-state index contributed by atoms with van der Waals surface area (Å²) >= 11 is 7.32. The van der Waals surface area contributed by atoms with E-state index in [-0.39, 0.29) is 11.9 Å². The molecule has 0 saturated carbocycles. The first-order valence-electron chi connectivity index (χ1n) is 8.88. The number of thiophene rings is 1. The molecule has 3 aromatic heterocycles. The smallest absolute Gasteiger partial charge is 0.261 e. The van der Waals surface area contributed by atoms with Crippen molar-refractivity contribution in [1.29, 1.82) is 0 Å². The predicted molar refractivity (Wildman–Crippen MR) is 112 cm³/mol. The van der Waals surface area contributed by atoms with Gasteiger partial charge in [0, 0.05) is 24.3 Å². The number of aromatic nitrogens is 3. The summed E-state index contributed by atoms with van der Waals surface area (Å²) in [7, 11) is 0. The molecule has 5 nitrogen and oxygen atoms in total. The first kappa shape index (κ1) is 18.5. The number of amides is 1. The zero-order chi connectivity index (χ0) is 19.5. The number of carbonyl (C=O) groups excluding carboxylic acids is 1. The van der Waals surface area contributed by atoms with Gasteiger partial charge >= 0.3 is 0 Å². The Morgan fingerprint density at radius 2 is 2.00 bits per heavy atom. The summed E-state index contributed by atoms with van der Waals surface area (Å²) in [5.74, 6) is -0.0725. The van der Waals surface area contributed by atoms with Crippen LogP contribution in [-0.4, -0.2) is 20.3 Å². The Morgan fingerprint density at radius 3 is 2.68 bits per heavy atom. The summed E-state index contributed by atoms with van der Waals surface area (Å²) in [6.45, 7) is 2.58.